The second kappa shape index (κ2) is 4.45. The summed E-state index contributed by atoms with van der Waals surface area (Å²) in [6.45, 7) is 0. The van der Waals surface area contributed by atoms with Crippen LogP contribution in [0.4, 0.5) is 5.69 Å². The molecule has 4 nitrogen and oxygen atoms in total. The van der Waals surface area contributed by atoms with Gasteiger partial charge in [0.15, 0.2) is 4.96 Å². The Morgan fingerprint density at radius 3 is 3.10 bits per heavy atom. The number of imidazole rings is 1. The number of nitrogens with one attached hydrogen (secondary N) is 1. The number of aromatic nitrogens is 2. The lowest BCUT2D eigenvalue weighted by Crippen LogP contribution is -2.13. The highest BCUT2D eigenvalue weighted by atomic mass is 32.1. The van der Waals surface area contributed by atoms with Crippen LogP contribution in [0, 0.1) is 5.92 Å². The lowest BCUT2D eigenvalue weighted by molar-refractivity contribution is -0.117. The first-order chi connectivity index (χ1) is 9.79. The molecule has 20 heavy (non-hydrogen) atoms. The Labute approximate surface area is 120 Å². The van der Waals surface area contributed by atoms with E-state index in [-0.39, 0.29) is 11.8 Å². The first-order valence-electron chi connectivity index (χ1n) is 6.63. The van der Waals surface area contributed by atoms with E-state index >= 15 is 0 Å². The van der Waals surface area contributed by atoms with E-state index in [0.29, 0.717) is 0 Å². The minimum Gasteiger partial charge on any atom is -0.326 e. The summed E-state index contributed by atoms with van der Waals surface area (Å²) >= 11 is 1.61. The van der Waals surface area contributed by atoms with Gasteiger partial charge in [0.1, 0.15) is 0 Å². The van der Waals surface area contributed by atoms with Crippen molar-refractivity contribution in [2.24, 2.45) is 5.92 Å². The van der Waals surface area contributed by atoms with Crippen LogP contribution >= 0.6 is 11.3 Å². The molecule has 1 aliphatic rings. The molecule has 1 N–H and O–H groups in total. The zero-order valence-corrected chi connectivity index (χ0v) is 11.6. The highest BCUT2D eigenvalue weighted by Gasteiger charge is 2.29. The number of nitrogens with zero attached hydrogens (tertiary/aromatic N) is 2. The molecule has 3 aromatic rings. The van der Waals surface area contributed by atoms with Crippen molar-refractivity contribution in [3.63, 3.8) is 0 Å². The molecule has 0 bridgehead atoms. The predicted octanol–water partition coefficient (Wildman–Crippen LogP) is 3.41. The molecule has 1 fully saturated rings. The van der Waals surface area contributed by atoms with Crippen LogP contribution in [0.1, 0.15) is 12.8 Å². The number of hydrogen-bond donors (Lipinski definition) is 1. The number of carbonyl (C=O) groups excluding carboxylic acids is 1. The summed E-state index contributed by atoms with van der Waals surface area (Å²) in [5.41, 5.74) is 2.80. The van der Waals surface area contributed by atoms with E-state index in [1.807, 2.05) is 46.4 Å². The van der Waals surface area contributed by atoms with E-state index in [1.54, 1.807) is 11.3 Å². The highest BCUT2D eigenvalue weighted by Crippen LogP contribution is 2.31. The molecule has 1 aromatic carbocycles. The van der Waals surface area contributed by atoms with E-state index < -0.39 is 0 Å². The Bertz CT molecular complexity index is 757. The molecule has 0 aliphatic heterocycles. The average Bonchev–Trinajstić information content (AvgIpc) is 3.08. The van der Waals surface area contributed by atoms with Crippen molar-refractivity contribution in [1.29, 1.82) is 0 Å². The second-order valence-electron chi connectivity index (χ2n) is 5.06. The standard InChI is InChI=1S/C15H13N3OS/c19-14(10-4-5-10)16-12-3-1-2-11(8-12)13-9-18-6-7-20-15(18)17-13/h1-3,6-10H,4-5H2,(H,16,19). The maximum absolute atomic E-state index is 11.8. The quantitative estimate of drug-likeness (QED) is 0.800. The van der Waals surface area contributed by atoms with Gasteiger partial charge in [0, 0.05) is 34.9 Å². The number of anilines is 1. The van der Waals surface area contributed by atoms with Gasteiger partial charge >= 0.3 is 0 Å². The molecular formula is C15H13N3OS. The van der Waals surface area contributed by atoms with E-state index in [4.69, 9.17) is 0 Å². The summed E-state index contributed by atoms with van der Waals surface area (Å²) in [6.07, 6.45) is 6.04. The summed E-state index contributed by atoms with van der Waals surface area (Å²) in [5.74, 6) is 0.351. The van der Waals surface area contributed by atoms with E-state index in [2.05, 4.69) is 10.3 Å². The summed E-state index contributed by atoms with van der Waals surface area (Å²) in [4.78, 5) is 17.4. The van der Waals surface area contributed by atoms with Crippen LogP contribution in [0.25, 0.3) is 16.2 Å². The van der Waals surface area contributed by atoms with Gasteiger partial charge in [-0.05, 0) is 25.0 Å². The summed E-state index contributed by atoms with van der Waals surface area (Å²) in [6, 6.07) is 7.86. The van der Waals surface area contributed by atoms with Gasteiger partial charge in [-0.3, -0.25) is 9.20 Å². The van der Waals surface area contributed by atoms with Gasteiger partial charge in [0.25, 0.3) is 0 Å². The number of carbonyl (C=O) groups is 1. The van der Waals surface area contributed by atoms with Gasteiger partial charge in [0.2, 0.25) is 5.91 Å². The minimum atomic E-state index is 0.132. The van der Waals surface area contributed by atoms with Crippen molar-refractivity contribution in [2.75, 3.05) is 5.32 Å². The first kappa shape index (κ1) is 11.7. The molecule has 0 spiro atoms. The molecule has 2 aromatic heterocycles. The van der Waals surface area contributed by atoms with Crippen molar-refractivity contribution in [1.82, 2.24) is 9.38 Å². The van der Waals surface area contributed by atoms with Gasteiger partial charge < -0.3 is 5.32 Å². The molecule has 1 saturated carbocycles. The Kier molecular flexibility index (Phi) is 2.60. The van der Waals surface area contributed by atoms with Crippen LogP contribution in [0.5, 0.6) is 0 Å². The number of rotatable bonds is 3. The topological polar surface area (TPSA) is 46.4 Å². The lowest BCUT2D eigenvalue weighted by Gasteiger charge is -2.05. The first-order valence-corrected chi connectivity index (χ1v) is 7.51. The van der Waals surface area contributed by atoms with Gasteiger partial charge in [-0.25, -0.2) is 4.98 Å². The van der Waals surface area contributed by atoms with Crippen LogP contribution in [-0.4, -0.2) is 15.3 Å². The number of benzene rings is 1. The van der Waals surface area contributed by atoms with Crippen molar-refractivity contribution >= 4 is 27.9 Å². The highest BCUT2D eigenvalue weighted by molar-refractivity contribution is 7.15. The Balaban J connectivity index is 1.64. The summed E-state index contributed by atoms with van der Waals surface area (Å²) in [7, 11) is 0. The minimum absolute atomic E-state index is 0.132. The van der Waals surface area contributed by atoms with Crippen LogP contribution in [-0.2, 0) is 4.79 Å². The predicted molar refractivity (Wildman–Crippen MR) is 79.9 cm³/mol. The smallest absolute Gasteiger partial charge is 0.227 e. The molecule has 0 radical (unpaired) electrons. The largest absolute Gasteiger partial charge is 0.326 e. The molecule has 0 atom stereocenters. The zero-order valence-electron chi connectivity index (χ0n) is 10.7. The molecule has 0 unspecified atom stereocenters. The zero-order chi connectivity index (χ0) is 13.5. The van der Waals surface area contributed by atoms with Crippen LogP contribution in [0.15, 0.2) is 42.0 Å². The number of thiazole rings is 1. The Morgan fingerprint density at radius 1 is 1.40 bits per heavy atom. The molecule has 2 heterocycles. The fraction of sp³-hybridized carbons (Fsp3) is 0.200. The molecular weight excluding hydrogens is 270 g/mol. The molecule has 100 valence electrons. The third-order valence-corrected chi connectivity index (χ3v) is 4.24. The number of fused-ring (bicyclic) bond motifs is 1. The van der Waals surface area contributed by atoms with E-state index in [1.165, 1.54) is 0 Å². The fourth-order valence-corrected chi connectivity index (χ4v) is 2.91. The van der Waals surface area contributed by atoms with Crippen LogP contribution < -0.4 is 5.32 Å². The molecule has 1 aliphatic carbocycles. The van der Waals surface area contributed by atoms with Gasteiger partial charge in [-0.2, -0.15) is 0 Å². The molecule has 1 amide bonds. The van der Waals surface area contributed by atoms with Crippen molar-refractivity contribution < 1.29 is 4.79 Å². The average molecular weight is 283 g/mol. The SMILES string of the molecule is O=C(Nc1cccc(-c2cn3ccsc3n2)c1)C1CC1. The van der Waals surface area contributed by atoms with Crippen molar-refractivity contribution in [2.45, 2.75) is 12.8 Å². The Hall–Kier alpha value is -2.14. The van der Waals surface area contributed by atoms with Crippen molar-refractivity contribution in [3.05, 3.63) is 42.0 Å². The molecule has 0 saturated heterocycles. The van der Waals surface area contributed by atoms with Crippen molar-refractivity contribution in [3.8, 4) is 11.3 Å². The summed E-state index contributed by atoms with van der Waals surface area (Å²) < 4.78 is 2.01. The maximum atomic E-state index is 11.8. The van der Waals surface area contributed by atoms with E-state index in [0.717, 1.165) is 34.7 Å². The second-order valence-corrected chi connectivity index (χ2v) is 5.94. The van der Waals surface area contributed by atoms with Gasteiger partial charge in [-0.1, -0.05) is 12.1 Å². The Morgan fingerprint density at radius 2 is 2.30 bits per heavy atom. The third-order valence-electron chi connectivity index (χ3n) is 3.47. The third kappa shape index (κ3) is 2.10. The van der Waals surface area contributed by atoms with Gasteiger partial charge in [0.05, 0.1) is 5.69 Å². The monoisotopic (exact) mass is 283 g/mol. The lowest BCUT2D eigenvalue weighted by atomic mass is 10.1. The van der Waals surface area contributed by atoms with E-state index in [9.17, 15) is 4.79 Å². The van der Waals surface area contributed by atoms with Gasteiger partial charge in [-0.15, -0.1) is 11.3 Å². The maximum Gasteiger partial charge on any atom is 0.227 e. The van der Waals surface area contributed by atoms with Crippen LogP contribution in [0.3, 0.4) is 0 Å². The fourth-order valence-electron chi connectivity index (χ4n) is 2.21. The molecule has 5 heteroatoms. The van der Waals surface area contributed by atoms with Crippen LogP contribution in [0.2, 0.25) is 0 Å². The summed E-state index contributed by atoms with van der Waals surface area (Å²) in [5, 5.41) is 4.98. The molecule has 4 rings (SSSR count). The number of amides is 1. The number of hydrogen-bond acceptors (Lipinski definition) is 3. The normalized spacial score (nSPS) is 14.6.